The van der Waals surface area contributed by atoms with Crippen LogP contribution in [0.5, 0.6) is 0 Å². The Morgan fingerprint density at radius 1 is 1.25 bits per heavy atom. The standard InChI is InChI=1S/C17H19N3O4/c18-16(22)12-4-3-9-20(10-12)17(23)14-7-6-13(24-14)11-19-8-2-1-5-15(19)21/h1-2,5-8,12H,3-4,9-11H2,(H2,18,22)/t12-/m1/s1. The Morgan fingerprint density at radius 3 is 2.83 bits per heavy atom. The summed E-state index contributed by atoms with van der Waals surface area (Å²) in [6.45, 7) is 1.16. The van der Waals surface area contributed by atoms with Crippen LogP contribution in [-0.4, -0.2) is 34.4 Å². The zero-order valence-electron chi connectivity index (χ0n) is 13.2. The second-order valence-corrected chi connectivity index (χ2v) is 5.93. The lowest BCUT2D eigenvalue weighted by molar-refractivity contribution is -0.123. The number of nitrogens with zero attached hydrogens (tertiary/aromatic N) is 2. The van der Waals surface area contributed by atoms with E-state index in [0.717, 1.165) is 6.42 Å². The maximum atomic E-state index is 12.5. The Bertz CT molecular complexity index is 808. The van der Waals surface area contributed by atoms with Crippen molar-refractivity contribution in [3.63, 3.8) is 0 Å². The molecule has 2 aromatic heterocycles. The summed E-state index contributed by atoms with van der Waals surface area (Å²) < 4.78 is 7.08. The average Bonchev–Trinajstić information content (AvgIpc) is 3.05. The first-order chi connectivity index (χ1) is 11.5. The van der Waals surface area contributed by atoms with Crippen LogP contribution in [0.25, 0.3) is 0 Å². The molecule has 126 valence electrons. The van der Waals surface area contributed by atoms with Gasteiger partial charge in [0.05, 0.1) is 12.5 Å². The van der Waals surface area contributed by atoms with Crippen LogP contribution in [0.2, 0.25) is 0 Å². The molecule has 1 fully saturated rings. The Kier molecular flexibility index (Phi) is 4.50. The molecule has 1 aliphatic rings. The SMILES string of the molecule is NC(=O)[C@@H]1CCCN(C(=O)c2ccc(Cn3ccccc3=O)o2)C1. The van der Waals surface area contributed by atoms with Gasteiger partial charge in [0.25, 0.3) is 11.5 Å². The van der Waals surface area contributed by atoms with E-state index < -0.39 is 0 Å². The third kappa shape index (κ3) is 3.40. The number of pyridine rings is 1. The molecule has 0 unspecified atom stereocenters. The van der Waals surface area contributed by atoms with Gasteiger partial charge in [-0.25, -0.2) is 0 Å². The van der Waals surface area contributed by atoms with Crippen molar-refractivity contribution in [2.75, 3.05) is 13.1 Å². The number of piperidine rings is 1. The highest BCUT2D eigenvalue weighted by Gasteiger charge is 2.28. The molecule has 0 saturated carbocycles. The zero-order valence-corrected chi connectivity index (χ0v) is 13.2. The molecule has 7 heteroatoms. The minimum Gasteiger partial charge on any atom is -0.454 e. The van der Waals surface area contributed by atoms with Crippen molar-refractivity contribution in [1.29, 1.82) is 0 Å². The van der Waals surface area contributed by atoms with Crippen LogP contribution in [0.1, 0.15) is 29.2 Å². The van der Waals surface area contributed by atoms with Crippen LogP contribution >= 0.6 is 0 Å². The van der Waals surface area contributed by atoms with Crippen molar-refractivity contribution in [2.24, 2.45) is 11.7 Å². The van der Waals surface area contributed by atoms with E-state index in [0.29, 0.717) is 25.3 Å². The van der Waals surface area contributed by atoms with Gasteiger partial charge in [-0.3, -0.25) is 14.4 Å². The minimum atomic E-state index is -0.379. The van der Waals surface area contributed by atoms with E-state index in [2.05, 4.69) is 0 Å². The fraction of sp³-hybridized carbons (Fsp3) is 0.353. The number of likely N-dealkylation sites (tertiary alicyclic amines) is 1. The molecule has 0 bridgehead atoms. The first kappa shape index (κ1) is 16.0. The molecule has 24 heavy (non-hydrogen) atoms. The van der Waals surface area contributed by atoms with Crippen molar-refractivity contribution in [2.45, 2.75) is 19.4 Å². The molecule has 2 N–H and O–H groups in total. The molecule has 1 atom stereocenters. The van der Waals surface area contributed by atoms with Crippen molar-refractivity contribution in [3.8, 4) is 0 Å². The molecule has 0 spiro atoms. The van der Waals surface area contributed by atoms with Crippen LogP contribution in [0.3, 0.4) is 0 Å². The molecule has 0 aromatic carbocycles. The maximum Gasteiger partial charge on any atom is 0.289 e. The molecular weight excluding hydrogens is 310 g/mol. The number of rotatable bonds is 4. The fourth-order valence-electron chi connectivity index (χ4n) is 2.89. The normalized spacial score (nSPS) is 17.7. The minimum absolute atomic E-state index is 0.137. The number of furan rings is 1. The first-order valence-corrected chi connectivity index (χ1v) is 7.87. The van der Waals surface area contributed by atoms with E-state index >= 15 is 0 Å². The van der Waals surface area contributed by atoms with Gasteiger partial charge in [-0.1, -0.05) is 6.07 Å². The molecule has 1 saturated heterocycles. The third-order valence-electron chi connectivity index (χ3n) is 4.21. The number of hydrogen-bond donors (Lipinski definition) is 1. The number of amides is 2. The van der Waals surface area contributed by atoms with E-state index in [1.807, 2.05) is 0 Å². The van der Waals surface area contributed by atoms with Gasteiger partial charge in [-0.05, 0) is 31.0 Å². The van der Waals surface area contributed by atoms with Crippen molar-refractivity contribution in [1.82, 2.24) is 9.47 Å². The molecule has 1 aliphatic heterocycles. The predicted molar refractivity (Wildman–Crippen MR) is 86.3 cm³/mol. The van der Waals surface area contributed by atoms with Crippen molar-refractivity contribution < 1.29 is 14.0 Å². The molecule has 2 amide bonds. The van der Waals surface area contributed by atoms with Gasteiger partial charge in [-0.2, -0.15) is 0 Å². The summed E-state index contributed by atoms with van der Waals surface area (Å²) in [4.78, 5) is 37.1. The van der Waals surface area contributed by atoms with E-state index in [-0.39, 0.29) is 35.6 Å². The highest BCUT2D eigenvalue weighted by atomic mass is 16.4. The summed E-state index contributed by atoms with van der Waals surface area (Å²) in [6, 6.07) is 8.17. The van der Waals surface area contributed by atoms with E-state index in [1.54, 1.807) is 35.4 Å². The van der Waals surface area contributed by atoms with E-state index in [9.17, 15) is 14.4 Å². The van der Waals surface area contributed by atoms with Gasteiger partial charge in [0.1, 0.15) is 5.76 Å². The molecule has 0 aliphatic carbocycles. The highest BCUT2D eigenvalue weighted by Crippen LogP contribution is 2.19. The summed E-state index contributed by atoms with van der Waals surface area (Å²) in [5.74, 6) is -0.210. The maximum absolute atomic E-state index is 12.5. The van der Waals surface area contributed by atoms with Gasteiger partial charge in [0.2, 0.25) is 5.91 Å². The van der Waals surface area contributed by atoms with Crippen molar-refractivity contribution in [3.05, 3.63) is 58.4 Å². The first-order valence-electron chi connectivity index (χ1n) is 7.87. The van der Waals surface area contributed by atoms with Gasteiger partial charge in [0.15, 0.2) is 5.76 Å². The number of nitrogens with two attached hydrogens (primary N) is 1. The smallest absolute Gasteiger partial charge is 0.289 e. The molecule has 3 rings (SSSR count). The lowest BCUT2D eigenvalue weighted by Crippen LogP contribution is -2.44. The molecule has 2 aromatic rings. The van der Waals surface area contributed by atoms with Crippen LogP contribution in [-0.2, 0) is 11.3 Å². The molecule has 3 heterocycles. The topological polar surface area (TPSA) is 98.5 Å². The summed E-state index contributed by atoms with van der Waals surface area (Å²) in [5.41, 5.74) is 5.20. The van der Waals surface area contributed by atoms with Gasteiger partial charge in [0, 0.05) is 25.4 Å². The van der Waals surface area contributed by atoms with Crippen molar-refractivity contribution >= 4 is 11.8 Å². The van der Waals surface area contributed by atoms with Crippen LogP contribution in [0.15, 0.2) is 45.7 Å². The summed E-state index contributed by atoms with van der Waals surface area (Å²) in [5, 5.41) is 0. The summed E-state index contributed by atoms with van der Waals surface area (Å²) >= 11 is 0. The second-order valence-electron chi connectivity index (χ2n) is 5.93. The van der Waals surface area contributed by atoms with Crippen LogP contribution in [0, 0.1) is 5.92 Å². The highest BCUT2D eigenvalue weighted by molar-refractivity contribution is 5.92. The van der Waals surface area contributed by atoms with Crippen LogP contribution in [0.4, 0.5) is 0 Å². The summed E-state index contributed by atoms with van der Waals surface area (Å²) in [7, 11) is 0. The number of hydrogen-bond acceptors (Lipinski definition) is 4. The molecular formula is C17H19N3O4. The monoisotopic (exact) mass is 329 g/mol. The quantitative estimate of drug-likeness (QED) is 0.898. The Labute approximate surface area is 138 Å². The Morgan fingerprint density at radius 2 is 2.08 bits per heavy atom. The van der Waals surface area contributed by atoms with E-state index in [1.165, 1.54) is 10.6 Å². The van der Waals surface area contributed by atoms with Gasteiger partial charge in [-0.15, -0.1) is 0 Å². The average molecular weight is 329 g/mol. The van der Waals surface area contributed by atoms with Crippen LogP contribution < -0.4 is 11.3 Å². The number of primary amides is 1. The Balaban J connectivity index is 1.71. The summed E-state index contributed by atoms with van der Waals surface area (Å²) in [6.07, 6.45) is 3.11. The number of aromatic nitrogens is 1. The second kappa shape index (κ2) is 6.74. The number of carbonyl (C=O) groups excluding carboxylic acids is 2. The van der Waals surface area contributed by atoms with E-state index in [4.69, 9.17) is 10.2 Å². The third-order valence-corrected chi connectivity index (χ3v) is 4.21. The van der Waals surface area contributed by atoms with Gasteiger partial charge < -0.3 is 19.6 Å². The van der Waals surface area contributed by atoms with Gasteiger partial charge >= 0.3 is 0 Å². The largest absolute Gasteiger partial charge is 0.454 e. The fourth-order valence-corrected chi connectivity index (χ4v) is 2.89. The zero-order chi connectivity index (χ0) is 17.1. The molecule has 0 radical (unpaired) electrons. The number of carbonyl (C=O) groups is 2. The molecule has 7 nitrogen and oxygen atoms in total. The lowest BCUT2D eigenvalue weighted by Gasteiger charge is -2.30. The lowest BCUT2D eigenvalue weighted by atomic mass is 9.97. The Hall–Kier alpha value is -2.83. The predicted octanol–water partition coefficient (Wildman–Crippen LogP) is 0.827.